The minimum atomic E-state index is -0.483. The zero-order valence-electron chi connectivity index (χ0n) is 31.5. The molecule has 14 nitrogen and oxygen atoms in total. The van der Waals surface area contributed by atoms with Gasteiger partial charge in [0.25, 0.3) is 0 Å². The zero-order valence-corrected chi connectivity index (χ0v) is 36.3. The molecule has 0 fully saturated rings. The van der Waals surface area contributed by atoms with Gasteiger partial charge in [-0.05, 0) is 48.5 Å². The van der Waals surface area contributed by atoms with Crippen molar-refractivity contribution in [3.8, 4) is 23.0 Å². The lowest BCUT2D eigenvalue weighted by Crippen LogP contribution is -2.26. The SMILES string of the molecule is Br.COc1cc2ncnc(Nc3ccc(F)c(Cl)c3)c2cc1OCCBr.COc1cc2ncnc(Nc3ccc(F)c(Cl)c3)c2cc1OCCNCCN.NCCN. The monoisotopic (exact) mass is 970 g/mol. The highest BCUT2D eigenvalue weighted by Gasteiger charge is 2.14. The second-order valence-electron chi connectivity index (χ2n) is 11.5. The fourth-order valence-corrected chi connectivity index (χ4v) is 5.42. The van der Waals surface area contributed by atoms with E-state index in [1.165, 1.54) is 36.9 Å². The first kappa shape index (κ1) is 48.0. The van der Waals surface area contributed by atoms with E-state index in [0.29, 0.717) is 102 Å². The van der Waals surface area contributed by atoms with E-state index in [2.05, 4.69) is 51.8 Å². The lowest BCUT2D eigenvalue weighted by Gasteiger charge is -2.14. The number of hydrogen-bond acceptors (Lipinski definition) is 14. The molecule has 0 saturated heterocycles. The van der Waals surface area contributed by atoms with Crippen molar-refractivity contribution < 1.29 is 27.7 Å². The van der Waals surface area contributed by atoms with E-state index in [-0.39, 0.29) is 27.0 Å². The molecule has 4 aromatic carbocycles. The van der Waals surface area contributed by atoms with Gasteiger partial charge in [-0.3, -0.25) is 0 Å². The zero-order chi connectivity index (χ0) is 41.2. The normalized spacial score (nSPS) is 10.4. The second-order valence-corrected chi connectivity index (χ2v) is 13.1. The average Bonchev–Trinajstić information content (AvgIpc) is 3.22. The quantitative estimate of drug-likeness (QED) is 0.0410. The average molecular weight is 974 g/mol. The molecular weight excluding hydrogens is 929 g/mol. The van der Waals surface area contributed by atoms with Crippen LogP contribution in [0, 0.1) is 11.6 Å². The summed E-state index contributed by atoms with van der Waals surface area (Å²) in [4.78, 5) is 17.1. The summed E-state index contributed by atoms with van der Waals surface area (Å²) in [7, 11) is 3.14. The maximum absolute atomic E-state index is 13.4. The molecule has 0 amide bonds. The molecule has 2 aromatic heterocycles. The number of nitrogens with one attached hydrogen (secondary N) is 3. The standard InChI is InChI=1S/C19H21ClFN5O2.C17H14BrClFN3O2.C2H8N2.BrH/c1-27-17-10-16-13(9-18(17)28-7-6-23-5-4-22)19(25-11-24-16)26-12-2-3-15(21)14(20)8-12;1-24-15-8-14-11(7-16(15)25-5-4-18)17(22-9-21-14)23-10-2-3-13(20)12(19)6-10;3-1-2-4;/h2-3,8-11,23H,4-7,22H2,1H3,(H,24,25,26);2-3,6-9H,4-5H2,1H3,(H,21,22,23);1-4H2;1H. The molecule has 0 aliphatic rings. The van der Waals surface area contributed by atoms with Gasteiger partial charge >= 0.3 is 0 Å². The number of hydrogen-bond donors (Lipinski definition) is 6. The summed E-state index contributed by atoms with van der Waals surface area (Å²) >= 11 is 15.0. The lowest BCUT2D eigenvalue weighted by molar-refractivity contribution is 0.293. The van der Waals surface area contributed by atoms with Crippen LogP contribution in [-0.4, -0.2) is 85.4 Å². The molecule has 6 rings (SSSR count). The number of anilines is 4. The van der Waals surface area contributed by atoms with E-state index in [1.54, 1.807) is 38.5 Å². The van der Waals surface area contributed by atoms with Crippen LogP contribution in [-0.2, 0) is 0 Å². The van der Waals surface area contributed by atoms with E-state index in [9.17, 15) is 8.78 Å². The van der Waals surface area contributed by atoms with Crippen molar-refractivity contribution in [2.24, 2.45) is 17.2 Å². The molecule has 0 aliphatic carbocycles. The van der Waals surface area contributed by atoms with Crippen molar-refractivity contribution in [3.05, 3.63) is 95.0 Å². The number of nitrogens with two attached hydrogens (primary N) is 3. The molecular formula is C38H44Br2Cl2F2N10O4. The molecule has 0 bridgehead atoms. The summed E-state index contributed by atoms with van der Waals surface area (Å²) in [6.07, 6.45) is 2.88. The first-order chi connectivity index (χ1) is 27.6. The summed E-state index contributed by atoms with van der Waals surface area (Å²) < 4.78 is 49.0. The molecule has 0 atom stereocenters. The smallest absolute Gasteiger partial charge is 0.162 e. The Bertz CT molecular complexity index is 2220. The third-order valence-electron chi connectivity index (χ3n) is 7.57. The number of benzene rings is 4. The maximum Gasteiger partial charge on any atom is 0.162 e. The molecule has 0 spiro atoms. The highest BCUT2D eigenvalue weighted by Crippen LogP contribution is 2.36. The van der Waals surface area contributed by atoms with Crippen LogP contribution in [0.5, 0.6) is 23.0 Å². The Balaban J connectivity index is 0.000000281. The van der Waals surface area contributed by atoms with Gasteiger partial charge in [-0.25, -0.2) is 28.7 Å². The van der Waals surface area contributed by atoms with Gasteiger partial charge in [-0.1, -0.05) is 39.1 Å². The van der Waals surface area contributed by atoms with E-state index in [1.807, 2.05) is 12.1 Å². The maximum atomic E-state index is 13.4. The van der Waals surface area contributed by atoms with Gasteiger partial charge < -0.3 is 52.1 Å². The van der Waals surface area contributed by atoms with E-state index >= 15 is 0 Å². The van der Waals surface area contributed by atoms with Crippen LogP contribution in [0.4, 0.5) is 31.8 Å². The number of methoxy groups -OCH3 is 2. The molecule has 0 unspecified atom stereocenters. The first-order valence-electron chi connectivity index (χ1n) is 17.4. The fraction of sp³-hybridized carbons (Fsp3) is 0.263. The Morgan fingerprint density at radius 1 is 0.621 bits per heavy atom. The predicted molar refractivity (Wildman–Crippen MR) is 237 cm³/mol. The summed E-state index contributed by atoms with van der Waals surface area (Å²) in [5, 5.41) is 11.7. The van der Waals surface area contributed by atoms with Crippen molar-refractivity contribution in [1.29, 1.82) is 0 Å². The van der Waals surface area contributed by atoms with Gasteiger partial charge in [-0.15, -0.1) is 17.0 Å². The number of halogens is 6. The number of fused-ring (bicyclic) bond motifs is 2. The van der Waals surface area contributed by atoms with E-state index < -0.39 is 11.6 Å². The Labute approximate surface area is 363 Å². The molecule has 0 saturated carbocycles. The van der Waals surface area contributed by atoms with Gasteiger partial charge in [0.1, 0.15) is 42.5 Å². The summed E-state index contributed by atoms with van der Waals surface area (Å²) in [5.41, 5.74) is 17.8. The summed E-state index contributed by atoms with van der Waals surface area (Å²) in [5.74, 6) is 2.45. The van der Waals surface area contributed by atoms with Crippen LogP contribution in [0.1, 0.15) is 0 Å². The van der Waals surface area contributed by atoms with Crippen LogP contribution in [0.25, 0.3) is 21.8 Å². The highest BCUT2D eigenvalue weighted by molar-refractivity contribution is 9.09. The molecule has 20 heteroatoms. The molecule has 0 radical (unpaired) electrons. The summed E-state index contributed by atoms with van der Waals surface area (Å²) in [6.45, 7) is 4.08. The Morgan fingerprint density at radius 3 is 1.48 bits per heavy atom. The first-order valence-corrected chi connectivity index (χ1v) is 19.3. The third-order valence-corrected chi connectivity index (χ3v) is 8.47. The topological polar surface area (TPSA) is 203 Å². The van der Waals surface area contributed by atoms with Crippen molar-refractivity contribution in [2.75, 3.05) is 76.1 Å². The molecule has 9 N–H and O–H groups in total. The lowest BCUT2D eigenvalue weighted by atomic mass is 10.2. The van der Waals surface area contributed by atoms with Gasteiger partial charge in [-0.2, -0.15) is 0 Å². The summed E-state index contributed by atoms with van der Waals surface area (Å²) in [6, 6.07) is 15.9. The molecule has 58 heavy (non-hydrogen) atoms. The minimum absolute atomic E-state index is 0. The predicted octanol–water partition coefficient (Wildman–Crippen LogP) is 7.53. The van der Waals surface area contributed by atoms with Crippen LogP contribution in [0.15, 0.2) is 73.3 Å². The Hall–Kier alpha value is -4.40. The van der Waals surface area contributed by atoms with Crippen LogP contribution < -0.4 is 52.1 Å². The highest BCUT2D eigenvalue weighted by atomic mass is 79.9. The van der Waals surface area contributed by atoms with Crippen LogP contribution in [0.3, 0.4) is 0 Å². The molecule has 2 heterocycles. The minimum Gasteiger partial charge on any atom is -0.493 e. The number of rotatable bonds is 16. The molecule has 0 aliphatic heterocycles. The molecule has 312 valence electrons. The van der Waals surface area contributed by atoms with Crippen molar-refractivity contribution >= 4 is 101 Å². The van der Waals surface area contributed by atoms with Gasteiger partial charge in [0.15, 0.2) is 23.0 Å². The van der Waals surface area contributed by atoms with Crippen LogP contribution in [0.2, 0.25) is 10.0 Å². The second kappa shape index (κ2) is 25.2. The van der Waals surface area contributed by atoms with Crippen molar-refractivity contribution in [1.82, 2.24) is 25.3 Å². The Kier molecular flexibility index (Phi) is 20.8. The van der Waals surface area contributed by atoms with Crippen molar-refractivity contribution in [2.45, 2.75) is 0 Å². The van der Waals surface area contributed by atoms with E-state index in [4.69, 9.17) is 59.4 Å². The third kappa shape index (κ3) is 13.9. The molecule has 6 aromatic rings. The fourth-order valence-electron chi connectivity index (χ4n) is 4.90. The number of aromatic nitrogens is 4. The van der Waals surface area contributed by atoms with Crippen molar-refractivity contribution in [3.63, 3.8) is 0 Å². The van der Waals surface area contributed by atoms with Crippen LogP contribution >= 0.6 is 56.1 Å². The largest absolute Gasteiger partial charge is 0.493 e. The Morgan fingerprint density at radius 2 is 1.09 bits per heavy atom. The van der Waals surface area contributed by atoms with E-state index in [0.717, 1.165) is 17.3 Å². The van der Waals surface area contributed by atoms with Gasteiger partial charge in [0, 0.05) is 72.3 Å². The number of alkyl halides is 1. The van der Waals surface area contributed by atoms with Gasteiger partial charge in [0.05, 0.1) is 41.9 Å². The number of nitrogens with zero attached hydrogens (tertiary/aromatic N) is 4. The van der Waals surface area contributed by atoms with Gasteiger partial charge in [0.2, 0.25) is 0 Å². The number of ether oxygens (including phenoxy) is 4.